The highest BCUT2D eigenvalue weighted by molar-refractivity contribution is 5.80. The number of aromatic nitrogens is 4. The number of benzene rings is 1. The smallest absolute Gasteiger partial charge is 0.225 e. The standard InChI is InChI=1S/C24H24N6O2/c1-15(31)11-22(32)29-10-9-18-21(14-29)28-24-19(13-27-30(24)23(18)25)17-7-8-20(26-12-17)16-5-3-2-4-6-16/h2-8,12-13,15,31H,9-11,14,25H2,1H3. The Labute approximate surface area is 185 Å². The first-order chi connectivity index (χ1) is 15.5. The van der Waals surface area contributed by atoms with Crippen LogP contribution in [0, 0.1) is 0 Å². The molecule has 0 fully saturated rings. The number of nitrogens with zero attached hydrogens (tertiary/aromatic N) is 5. The van der Waals surface area contributed by atoms with Gasteiger partial charge in [-0.2, -0.15) is 9.61 Å². The fraction of sp³-hybridized carbons (Fsp3) is 0.250. The lowest BCUT2D eigenvalue weighted by Gasteiger charge is -2.29. The van der Waals surface area contributed by atoms with E-state index in [1.165, 1.54) is 0 Å². The first-order valence-corrected chi connectivity index (χ1v) is 10.6. The fourth-order valence-corrected chi connectivity index (χ4v) is 4.14. The molecule has 4 heterocycles. The lowest BCUT2D eigenvalue weighted by atomic mass is 10.0. The lowest BCUT2D eigenvalue weighted by Crippen LogP contribution is -2.38. The summed E-state index contributed by atoms with van der Waals surface area (Å²) >= 11 is 0. The van der Waals surface area contributed by atoms with Crippen LogP contribution in [0.2, 0.25) is 0 Å². The number of amides is 1. The number of hydrogen-bond acceptors (Lipinski definition) is 6. The fourth-order valence-electron chi connectivity index (χ4n) is 4.14. The Morgan fingerprint density at radius 2 is 1.97 bits per heavy atom. The third-order valence-electron chi connectivity index (χ3n) is 5.81. The van der Waals surface area contributed by atoms with Gasteiger partial charge in [0.05, 0.1) is 36.7 Å². The zero-order valence-electron chi connectivity index (χ0n) is 17.8. The second kappa shape index (κ2) is 8.05. The molecule has 5 rings (SSSR count). The monoisotopic (exact) mass is 428 g/mol. The Kier molecular flexibility index (Phi) is 5.07. The molecule has 1 aromatic carbocycles. The third kappa shape index (κ3) is 3.58. The molecule has 1 unspecified atom stereocenters. The molecule has 1 aliphatic heterocycles. The summed E-state index contributed by atoms with van der Waals surface area (Å²) in [5, 5.41) is 14.0. The molecule has 1 amide bonds. The zero-order valence-corrected chi connectivity index (χ0v) is 17.8. The van der Waals surface area contributed by atoms with Crippen LogP contribution in [0.3, 0.4) is 0 Å². The minimum Gasteiger partial charge on any atom is -0.393 e. The van der Waals surface area contributed by atoms with Crippen LogP contribution in [0.1, 0.15) is 24.6 Å². The molecule has 1 aliphatic rings. The largest absolute Gasteiger partial charge is 0.393 e. The first kappa shape index (κ1) is 20.1. The van der Waals surface area contributed by atoms with Gasteiger partial charge in [-0.05, 0) is 19.4 Å². The van der Waals surface area contributed by atoms with Crippen molar-refractivity contribution in [3.63, 3.8) is 0 Å². The molecule has 162 valence electrons. The van der Waals surface area contributed by atoms with Gasteiger partial charge >= 0.3 is 0 Å². The van der Waals surface area contributed by atoms with Crippen LogP contribution in [0.4, 0.5) is 5.82 Å². The van der Waals surface area contributed by atoms with Gasteiger partial charge in [-0.3, -0.25) is 9.78 Å². The second-order valence-electron chi connectivity index (χ2n) is 8.13. The molecular weight excluding hydrogens is 404 g/mol. The molecule has 0 bridgehead atoms. The van der Waals surface area contributed by atoms with E-state index in [4.69, 9.17) is 10.7 Å². The number of hydrogen-bond donors (Lipinski definition) is 2. The maximum Gasteiger partial charge on any atom is 0.225 e. The molecule has 0 saturated carbocycles. The summed E-state index contributed by atoms with van der Waals surface area (Å²) in [7, 11) is 0. The minimum atomic E-state index is -0.669. The number of aliphatic hydroxyl groups is 1. The van der Waals surface area contributed by atoms with E-state index in [1.807, 2.05) is 48.7 Å². The number of aliphatic hydroxyl groups excluding tert-OH is 1. The van der Waals surface area contributed by atoms with Crippen LogP contribution in [0.25, 0.3) is 28.0 Å². The van der Waals surface area contributed by atoms with E-state index in [0.717, 1.165) is 33.6 Å². The Balaban J connectivity index is 1.50. The Hall–Kier alpha value is -3.78. The Morgan fingerprint density at radius 1 is 1.16 bits per heavy atom. The summed E-state index contributed by atoms with van der Waals surface area (Å²) in [4.78, 5) is 23.6. The van der Waals surface area contributed by atoms with Crippen molar-refractivity contribution in [2.24, 2.45) is 0 Å². The number of nitrogens with two attached hydrogens (primary N) is 1. The molecule has 8 heteroatoms. The topological polar surface area (TPSA) is 110 Å². The van der Waals surface area contributed by atoms with Gasteiger partial charge in [0, 0.05) is 35.0 Å². The Bertz CT molecular complexity index is 1280. The van der Waals surface area contributed by atoms with Crippen LogP contribution in [0.15, 0.2) is 54.9 Å². The summed E-state index contributed by atoms with van der Waals surface area (Å²) in [6.07, 6.45) is 3.61. The average molecular weight is 428 g/mol. The normalized spacial score (nSPS) is 14.4. The minimum absolute atomic E-state index is 0.0830. The first-order valence-electron chi connectivity index (χ1n) is 10.6. The van der Waals surface area contributed by atoms with Crippen LogP contribution in [-0.2, 0) is 17.8 Å². The van der Waals surface area contributed by atoms with E-state index >= 15 is 0 Å². The van der Waals surface area contributed by atoms with E-state index in [-0.39, 0.29) is 12.3 Å². The zero-order chi connectivity index (χ0) is 22.2. The van der Waals surface area contributed by atoms with E-state index in [2.05, 4.69) is 10.1 Å². The highest BCUT2D eigenvalue weighted by Crippen LogP contribution is 2.30. The van der Waals surface area contributed by atoms with Gasteiger partial charge in [-0.1, -0.05) is 36.4 Å². The van der Waals surface area contributed by atoms with Gasteiger partial charge in [-0.25, -0.2) is 4.98 Å². The summed E-state index contributed by atoms with van der Waals surface area (Å²) in [5.41, 5.74) is 12.4. The predicted octanol–water partition coefficient (Wildman–Crippen LogP) is 2.70. The highest BCUT2D eigenvalue weighted by atomic mass is 16.3. The van der Waals surface area contributed by atoms with Gasteiger partial charge < -0.3 is 15.7 Å². The van der Waals surface area contributed by atoms with E-state index < -0.39 is 6.10 Å². The van der Waals surface area contributed by atoms with Gasteiger partial charge in [0.25, 0.3) is 0 Å². The molecule has 8 nitrogen and oxygen atoms in total. The van der Waals surface area contributed by atoms with Crippen molar-refractivity contribution >= 4 is 17.4 Å². The molecule has 0 radical (unpaired) electrons. The number of nitrogen functional groups attached to an aromatic ring is 1. The maximum absolute atomic E-state index is 12.4. The van der Waals surface area contributed by atoms with E-state index in [1.54, 1.807) is 22.5 Å². The number of pyridine rings is 1. The van der Waals surface area contributed by atoms with Crippen molar-refractivity contribution in [2.75, 3.05) is 12.3 Å². The SMILES string of the molecule is CC(O)CC(=O)N1CCc2c(nc3c(-c4ccc(-c5ccccc5)nc4)cnn3c2N)C1. The molecule has 0 saturated heterocycles. The van der Waals surface area contributed by atoms with Crippen LogP contribution < -0.4 is 5.73 Å². The molecule has 0 spiro atoms. The second-order valence-corrected chi connectivity index (χ2v) is 8.13. The lowest BCUT2D eigenvalue weighted by molar-refractivity contribution is -0.134. The molecular formula is C24H24N6O2. The van der Waals surface area contributed by atoms with Crippen LogP contribution in [0.5, 0.6) is 0 Å². The van der Waals surface area contributed by atoms with Gasteiger partial charge in [0.15, 0.2) is 5.65 Å². The third-order valence-corrected chi connectivity index (χ3v) is 5.81. The molecule has 32 heavy (non-hydrogen) atoms. The van der Waals surface area contributed by atoms with Crippen molar-refractivity contribution in [1.82, 2.24) is 24.5 Å². The van der Waals surface area contributed by atoms with Crippen molar-refractivity contribution < 1.29 is 9.90 Å². The van der Waals surface area contributed by atoms with E-state index in [0.29, 0.717) is 31.0 Å². The van der Waals surface area contributed by atoms with Crippen molar-refractivity contribution in [3.8, 4) is 22.4 Å². The number of fused-ring (bicyclic) bond motifs is 2. The van der Waals surface area contributed by atoms with E-state index in [9.17, 15) is 9.90 Å². The van der Waals surface area contributed by atoms with Crippen molar-refractivity contribution in [3.05, 3.63) is 66.1 Å². The van der Waals surface area contributed by atoms with Crippen LogP contribution >= 0.6 is 0 Å². The van der Waals surface area contributed by atoms with Crippen molar-refractivity contribution in [1.29, 1.82) is 0 Å². The maximum atomic E-state index is 12.4. The number of anilines is 1. The molecule has 4 aromatic rings. The summed E-state index contributed by atoms with van der Waals surface area (Å²) < 4.78 is 1.66. The molecule has 0 aliphatic carbocycles. The number of rotatable bonds is 4. The summed E-state index contributed by atoms with van der Waals surface area (Å²) in [5.74, 6) is 0.466. The molecule has 3 aromatic heterocycles. The van der Waals surface area contributed by atoms with Crippen molar-refractivity contribution in [2.45, 2.75) is 32.4 Å². The van der Waals surface area contributed by atoms with Gasteiger partial charge in [-0.15, -0.1) is 0 Å². The molecule has 1 atom stereocenters. The summed E-state index contributed by atoms with van der Waals surface area (Å²) in [6.45, 7) is 2.54. The Morgan fingerprint density at radius 3 is 2.69 bits per heavy atom. The number of carbonyl (C=O) groups is 1. The average Bonchev–Trinajstić information content (AvgIpc) is 3.23. The number of carbonyl (C=O) groups excluding carboxylic acids is 1. The summed E-state index contributed by atoms with van der Waals surface area (Å²) in [6, 6.07) is 14.0. The van der Waals surface area contributed by atoms with Crippen LogP contribution in [-0.4, -0.2) is 48.1 Å². The highest BCUT2D eigenvalue weighted by Gasteiger charge is 2.26. The van der Waals surface area contributed by atoms with Gasteiger partial charge in [0.1, 0.15) is 5.82 Å². The predicted molar refractivity (Wildman–Crippen MR) is 121 cm³/mol. The molecule has 3 N–H and O–H groups in total. The quantitative estimate of drug-likeness (QED) is 0.517. The van der Waals surface area contributed by atoms with Gasteiger partial charge in [0.2, 0.25) is 5.91 Å².